The van der Waals surface area contributed by atoms with Crippen molar-refractivity contribution >= 4 is 5.78 Å². The van der Waals surface area contributed by atoms with E-state index in [0.717, 1.165) is 0 Å². The van der Waals surface area contributed by atoms with E-state index in [1.165, 1.54) is 0 Å². The quantitative estimate of drug-likeness (QED) is 0.463. The summed E-state index contributed by atoms with van der Waals surface area (Å²) in [6.45, 7) is 3.29. The van der Waals surface area contributed by atoms with Gasteiger partial charge in [0.05, 0.1) is 0 Å². The van der Waals surface area contributed by atoms with Crippen molar-refractivity contribution in [3.63, 3.8) is 0 Å². The fourth-order valence-electron chi connectivity index (χ4n) is 0.915. The second-order valence-corrected chi connectivity index (χ2v) is 2.26. The van der Waals surface area contributed by atoms with Gasteiger partial charge in [0.15, 0.2) is 5.78 Å². The summed E-state index contributed by atoms with van der Waals surface area (Å²) in [6, 6.07) is 0. The van der Waals surface area contributed by atoms with Gasteiger partial charge in [0.1, 0.15) is 6.17 Å². The van der Waals surface area contributed by atoms with Gasteiger partial charge in [-0.05, 0) is 0 Å². The van der Waals surface area contributed by atoms with Crippen LogP contribution >= 0.6 is 0 Å². The number of rotatable bonds is 2. The lowest BCUT2D eigenvalue weighted by molar-refractivity contribution is -0.122. The Morgan fingerprint density at radius 2 is 2.10 bits per heavy atom. The van der Waals surface area contributed by atoms with Crippen molar-refractivity contribution in [2.45, 2.75) is 19.5 Å². The zero-order chi connectivity index (χ0) is 7.40. The van der Waals surface area contributed by atoms with E-state index in [9.17, 15) is 4.79 Å². The molecule has 0 radical (unpaired) electrons. The molecule has 0 aromatic carbocycles. The summed E-state index contributed by atoms with van der Waals surface area (Å²) in [4.78, 5) is 11.0. The monoisotopic (exact) mass is 143 g/mol. The molecular weight excluding hydrogens is 130 g/mol. The van der Waals surface area contributed by atoms with E-state index in [-0.39, 0.29) is 11.9 Å². The van der Waals surface area contributed by atoms with Crippen LogP contribution in [0.4, 0.5) is 0 Å². The normalized spacial score (nSPS) is 20.9. The summed E-state index contributed by atoms with van der Waals surface area (Å²) >= 11 is 0. The van der Waals surface area contributed by atoms with Crippen molar-refractivity contribution in [2.24, 2.45) is 0 Å². The van der Waals surface area contributed by atoms with Crippen LogP contribution in [0.1, 0.15) is 13.3 Å². The third-order valence-corrected chi connectivity index (χ3v) is 1.53. The molecule has 1 rings (SSSR count). The Kier molecular flexibility index (Phi) is 2.80. The summed E-state index contributed by atoms with van der Waals surface area (Å²) in [7, 11) is 0. The average molecular weight is 143 g/mol. The molecule has 1 fully saturated rings. The van der Waals surface area contributed by atoms with Gasteiger partial charge >= 0.3 is 0 Å². The Morgan fingerprint density at radius 3 is 2.60 bits per heavy atom. The minimum atomic E-state index is -0.133. The molecule has 1 saturated heterocycles. The molecule has 0 spiro atoms. The molecule has 4 nitrogen and oxygen atoms in total. The predicted molar refractivity (Wildman–Crippen MR) is 38.2 cm³/mol. The minimum absolute atomic E-state index is 0.133. The minimum Gasteiger partial charge on any atom is -0.296 e. The SMILES string of the molecule is CCC(=O)C1NCNCN1. The lowest BCUT2D eigenvalue weighted by Crippen LogP contribution is -2.59. The van der Waals surface area contributed by atoms with Crippen LogP contribution in [0.3, 0.4) is 0 Å². The van der Waals surface area contributed by atoms with Gasteiger partial charge in [-0.1, -0.05) is 6.92 Å². The van der Waals surface area contributed by atoms with Crippen LogP contribution in [0.2, 0.25) is 0 Å². The molecule has 0 saturated carbocycles. The fraction of sp³-hybridized carbons (Fsp3) is 0.833. The molecule has 4 heteroatoms. The molecule has 3 N–H and O–H groups in total. The molecular formula is C6H13N3O. The molecule has 1 aliphatic rings. The number of carbonyl (C=O) groups excluding carboxylic acids is 1. The van der Waals surface area contributed by atoms with E-state index < -0.39 is 0 Å². The van der Waals surface area contributed by atoms with E-state index in [1.54, 1.807) is 0 Å². The summed E-state index contributed by atoms with van der Waals surface area (Å²) in [5, 5.41) is 9.02. The Morgan fingerprint density at radius 1 is 1.50 bits per heavy atom. The van der Waals surface area contributed by atoms with Crippen LogP contribution in [0.5, 0.6) is 0 Å². The molecule has 1 aliphatic heterocycles. The largest absolute Gasteiger partial charge is 0.296 e. The molecule has 0 unspecified atom stereocenters. The van der Waals surface area contributed by atoms with E-state index in [0.29, 0.717) is 19.8 Å². The molecule has 0 amide bonds. The van der Waals surface area contributed by atoms with Gasteiger partial charge < -0.3 is 0 Å². The number of hydrogen-bond acceptors (Lipinski definition) is 4. The van der Waals surface area contributed by atoms with Crippen LogP contribution in [-0.4, -0.2) is 25.3 Å². The fourth-order valence-corrected chi connectivity index (χ4v) is 0.915. The van der Waals surface area contributed by atoms with Crippen LogP contribution in [0, 0.1) is 0 Å². The van der Waals surface area contributed by atoms with Gasteiger partial charge in [-0.3, -0.25) is 20.7 Å². The summed E-state index contributed by atoms with van der Waals surface area (Å²) in [6.07, 6.45) is 0.455. The Bertz CT molecular complexity index is 120. The van der Waals surface area contributed by atoms with Crippen LogP contribution < -0.4 is 16.0 Å². The second-order valence-electron chi connectivity index (χ2n) is 2.26. The summed E-state index contributed by atoms with van der Waals surface area (Å²) < 4.78 is 0. The third-order valence-electron chi connectivity index (χ3n) is 1.53. The van der Waals surface area contributed by atoms with Gasteiger partial charge in [-0.15, -0.1) is 0 Å². The highest BCUT2D eigenvalue weighted by atomic mass is 16.1. The lowest BCUT2D eigenvalue weighted by atomic mass is 10.2. The molecule has 0 atom stereocenters. The van der Waals surface area contributed by atoms with Crippen LogP contribution in [-0.2, 0) is 4.79 Å². The van der Waals surface area contributed by atoms with Gasteiger partial charge in [-0.25, -0.2) is 0 Å². The van der Waals surface area contributed by atoms with Gasteiger partial charge in [0.25, 0.3) is 0 Å². The first kappa shape index (κ1) is 7.65. The maximum absolute atomic E-state index is 11.0. The molecule has 58 valence electrons. The summed E-state index contributed by atoms with van der Waals surface area (Å²) in [5.74, 6) is 0.224. The number of Topliss-reactive ketones (excluding diaryl/α,β-unsaturated/α-hetero) is 1. The molecule has 0 aromatic rings. The summed E-state index contributed by atoms with van der Waals surface area (Å²) in [5.41, 5.74) is 0. The van der Waals surface area contributed by atoms with Crippen molar-refractivity contribution in [3.8, 4) is 0 Å². The molecule has 0 aromatic heterocycles. The number of hydrogen-bond donors (Lipinski definition) is 3. The zero-order valence-electron chi connectivity index (χ0n) is 6.11. The van der Waals surface area contributed by atoms with Crippen LogP contribution in [0.25, 0.3) is 0 Å². The Balaban J connectivity index is 2.31. The maximum Gasteiger partial charge on any atom is 0.164 e. The standard InChI is InChI=1S/C6H13N3O/c1-2-5(10)6-8-3-7-4-9-6/h6-9H,2-4H2,1H3. The van der Waals surface area contributed by atoms with Gasteiger partial charge in [0, 0.05) is 19.8 Å². The first-order valence-corrected chi connectivity index (χ1v) is 3.55. The molecule has 1 heterocycles. The highest BCUT2D eigenvalue weighted by molar-refractivity contribution is 5.83. The van der Waals surface area contributed by atoms with Gasteiger partial charge in [0.2, 0.25) is 0 Å². The highest BCUT2D eigenvalue weighted by Gasteiger charge is 2.16. The topological polar surface area (TPSA) is 53.2 Å². The molecule has 10 heavy (non-hydrogen) atoms. The first-order valence-electron chi connectivity index (χ1n) is 3.55. The number of nitrogens with one attached hydrogen (secondary N) is 3. The van der Waals surface area contributed by atoms with Crippen molar-refractivity contribution in [2.75, 3.05) is 13.3 Å². The number of carbonyl (C=O) groups is 1. The van der Waals surface area contributed by atoms with Crippen molar-refractivity contribution in [1.82, 2.24) is 16.0 Å². The highest BCUT2D eigenvalue weighted by Crippen LogP contribution is 1.88. The molecule has 0 bridgehead atoms. The Hall–Kier alpha value is -0.450. The van der Waals surface area contributed by atoms with Crippen molar-refractivity contribution in [1.29, 1.82) is 0 Å². The second kappa shape index (κ2) is 3.65. The van der Waals surface area contributed by atoms with Crippen molar-refractivity contribution in [3.05, 3.63) is 0 Å². The first-order chi connectivity index (χ1) is 4.84. The van der Waals surface area contributed by atoms with E-state index >= 15 is 0 Å². The van der Waals surface area contributed by atoms with Crippen LogP contribution in [0.15, 0.2) is 0 Å². The smallest absolute Gasteiger partial charge is 0.164 e. The van der Waals surface area contributed by atoms with E-state index in [1.807, 2.05) is 6.92 Å². The number of ketones is 1. The predicted octanol–water partition coefficient (Wildman–Crippen LogP) is -1.01. The maximum atomic E-state index is 11.0. The molecule has 0 aliphatic carbocycles. The Labute approximate surface area is 60.4 Å². The lowest BCUT2D eigenvalue weighted by Gasteiger charge is -2.24. The van der Waals surface area contributed by atoms with Gasteiger partial charge in [-0.2, -0.15) is 0 Å². The van der Waals surface area contributed by atoms with Crippen molar-refractivity contribution < 1.29 is 4.79 Å². The van der Waals surface area contributed by atoms with E-state index in [2.05, 4.69) is 16.0 Å². The average Bonchev–Trinajstić information content (AvgIpc) is 2.05. The van der Waals surface area contributed by atoms with E-state index in [4.69, 9.17) is 0 Å². The third kappa shape index (κ3) is 1.76. The zero-order valence-corrected chi connectivity index (χ0v) is 6.11.